The number of aromatic amines is 2. The minimum atomic E-state index is -7.28. The second kappa shape index (κ2) is 14.8. The number of aromatic nitrogens is 4. The van der Waals surface area contributed by atoms with Crippen molar-refractivity contribution in [2.75, 3.05) is 13.2 Å². The molecule has 0 spiro atoms. The Morgan fingerprint density at radius 3 is 1.31 bits per heavy atom. The molecule has 4 rings (SSSR count). The zero-order chi connectivity index (χ0) is 38.5. The Labute approximate surface area is 278 Å². The predicted molar refractivity (Wildman–Crippen MR) is 153 cm³/mol. The molecule has 2 aromatic heterocycles. The summed E-state index contributed by atoms with van der Waals surface area (Å²) >= 11 is 0. The van der Waals surface area contributed by atoms with E-state index in [-0.39, 0.29) is 0 Å². The first-order chi connectivity index (χ1) is 23.3. The summed E-state index contributed by atoms with van der Waals surface area (Å²) in [5.74, 6) is 0. The van der Waals surface area contributed by atoms with E-state index in [1.165, 1.54) is 0 Å². The highest BCUT2D eigenvalue weighted by molar-refractivity contribution is 7.78. The van der Waals surface area contributed by atoms with Crippen molar-refractivity contribution in [3.05, 3.63) is 66.2 Å². The van der Waals surface area contributed by atoms with Gasteiger partial charge in [0.1, 0.15) is 36.6 Å². The molecular formula is C19H26F2N4O22P4. The van der Waals surface area contributed by atoms with Crippen LogP contribution in [0.15, 0.2) is 43.7 Å². The maximum Gasteiger partial charge on any atom is 0.479 e. The Hall–Kier alpha value is -2.42. The van der Waals surface area contributed by atoms with E-state index in [0.29, 0.717) is 9.13 Å². The summed E-state index contributed by atoms with van der Waals surface area (Å²) in [7, 11) is -27.1. The minimum Gasteiger partial charge on any atom is -0.387 e. The van der Waals surface area contributed by atoms with E-state index in [0.717, 1.165) is 24.5 Å². The van der Waals surface area contributed by atoms with Crippen molar-refractivity contribution >= 4 is 30.8 Å². The third kappa shape index (κ3) is 8.87. The van der Waals surface area contributed by atoms with Gasteiger partial charge < -0.3 is 49.5 Å². The van der Waals surface area contributed by atoms with E-state index in [1.807, 2.05) is 0 Å². The number of H-pyrrole nitrogens is 2. The van der Waals surface area contributed by atoms with E-state index in [4.69, 9.17) is 9.47 Å². The zero-order valence-electron chi connectivity index (χ0n) is 24.6. The topological polar surface area (TPSA) is 395 Å². The van der Waals surface area contributed by atoms with Crippen LogP contribution < -0.4 is 22.5 Å². The quantitative estimate of drug-likeness (QED) is 0.0827. The Balaban J connectivity index is 1.38. The minimum absolute atomic E-state index is 0.565. The van der Waals surface area contributed by atoms with Gasteiger partial charge in [-0.3, -0.25) is 46.9 Å². The summed E-state index contributed by atoms with van der Waals surface area (Å²) in [5, 5.41) is 34.4. The molecule has 2 aromatic rings. The summed E-state index contributed by atoms with van der Waals surface area (Å²) in [6, 6.07) is 1.62. The lowest BCUT2D eigenvalue weighted by atomic mass is 10.1. The highest BCUT2D eigenvalue weighted by atomic mass is 31.3. The summed E-state index contributed by atoms with van der Waals surface area (Å²) in [4.78, 5) is 89.0. The van der Waals surface area contributed by atoms with Crippen LogP contribution in [0.2, 0.25) is 0 Å². The number of alkyl halides is 2. The molecule has 0 radical (unpaired) electrons. The van der Waals surface area contributed by atoms with Gasteiger partial charge in [0, 0.05) is 24.5 Å². The van der Waals surface area contributed by atoms with E-state index in [2.05, 4.69) is 17.7 Å². The van der Waals surface area contributed by atoms with Crippen LogP contribution in [0.1, 0.15) is 12.5 Å². The van der Waals surface area contributed by atoms with Crippen molar-refractivity contribution in [1.82, 2.24) is 19.1 Å². The van der Waals surface area contributed by atoms with Crippen molar-refractivity contribution in [3.8, 4) is 0 Å². The van der Waals surface area contributed by atoms with E-state index in [1.54, 1.807) is 9.97 Å². The molecule has 12 atom stereocenters. The molecule has 2 saturated heterocycles. The number of ether oxygens (including phenoxy) is 2. The fourth-order valence-corrected chi connectivity index (χ4v) is 10.4. The molecule has 51 heavy (non-hydrogen) atoms. The largest absolute Gasteiger partial charge is 0.479 e. The summed E-state index contributed by atoms with van der Waals surface area (Å²) < 4.78 is 105. The zero-order valence-corrected chi connectivity index (χ0v) is 28.2. The first-order valence-electron chi connectivity index (χ1n) is 13.4. The second-order valence-corrected chi connectivity index (χ2v) is 17.6. The van der Waals surface area contributed by atoms with Gasteiger partial charge in [0.2, 0.25) is 0 Å². The van der Waals surface area contributed by atoms with Gasteiger partial charge in [0.25, 0.3) is 11.1 Å². The molecule has 26 nitrogen and oxygen atoms in total. The third-order valence-corrected chi connectivity index (χ3v) is 14.1. The number of phosphoric acid groups is 2. The van der Waals surface area contributed by atoms with Gasteiger partial charge in [-0.15, -0.1) is 0 Å². The van der Waals surface area contributed by atoms with Crippen molar-refractivity contribution in [2.45, 2.75) is 54.5 Å². The smallest absolute Gasteiger partial charge is 0.387 e. The highest BCUT2D eigenvalue weighted by Gasteiger charge is 2.70. The van der Waals surface area contributed by atoms with Gasteiger partial charge in [0.15, 0.2) is 12.5 Å². The van der Waals surface area contributed by atoms with Gasteiger partial charge in [-0.1, -0.05) is 0 Å². The number of hydrogen-bond donors (Lipinski definition) is 10. The average molecular weight is 824 g/mol. The number of hydrogen-bond acceptors (Lipinski definition) is 18. The van der Waals surface area contributed by atoms with Crippen LogP contribution in [0.5, 0.6) is 0 Å². The van der Waals surface area contributed by atoms with Crippen molar-refractivity contribution in [2.24, 2.45) is 0 Å². The molecule has 10 N–H and O–H groups in total. The molecule has 288 valence electrons. The molecule has 2 aliphatic rings. The average Bonchev–Trinajstić information content (AvgIpc) is 3.43. The Kier molecular flexibility index (Phi) is 12.0. The summed E-state index contributed by atoms with van der Waals surface area (Å²) in [6.45, 7) is -2.83. The van der Waals surface area contributed by atoms with E-state index in [9.17, 15) is 86.2 Å². The highest BCUT2D eigenvalue weighted by Crippen LogP contribution is 2.81. The number of halogens is 2. The molecular weight excluding hydrogens is 798 g/mol. The molecule has 0 bridgehead atoms. The first kappa shape index (κ1) is 41.3. The Morgan fingerprint density at radius 2 is 1.00 bits per heavy atom. The number of phosphoric ester groups is 2. The van der Waals surface area contributed by atoms with Crippen LogP contribution in [0.25, 0.3) is 0 Å². The van der Waals surface area contributed by atoms with E-state index < -0.39 is 121 Å². The van der Waals surface area contributed by atoms with Crippen LogP contribution in [0.4, 0.5) is 8.78 Å². The maximum atomic E-state index is 14.8. The first-order valence-corrected chi connectivity index (χ1v) is 19.5. The normalized spacial score (nSPS) is 31.7. The van der Waals surface area contributed by atoms with Crippen LogP contribution in [0.3, 0.4) is 0 Å². The molecule has 4 unspecified atom stereocenters. The van der Waals surface area contributed by atoms with Crippen molar-refractivity contribution in [1.29, 1.82) is 0 Å². The van der Waals surface area contributed by atoms with Gasteiger partial charge in [-0.05, 0) is 0 Å². The predicted octanol–water partition coefficient (Wildman–Crippen LogP) is -3.49. The van der Waals surface area contributed by atoms with Crippen LogP contribution in [-0.2, 0) is 45.4 Å². The maximum absolute atomic E-state index is 14.8. The molecule has 32 heteroatoms. The number of aliphatic hydroxyl groups excluding tert-OH is 4. The number of aliphatic hydroxyl groups is 4. The lowest BCUT2D eigenvalue weighted by molar-refractivity contribution is -0.0544. The number of nitrogens with one attached hydrogen (secondary N) is 2. The lowest BCUT2D eigenvalue weighted by Crippen LogP contribution is -2.37. The summed E-state index contributed by atoms with van der Waals surface area (Å²) in [5.41, 5.74) is -4.02. The molecule has 2 aliphatic heterocycles. The van der Waals surface area contributed by atoms with Crippen molar-refractivity contribution in [3.63, 3.8) is 0 Å². The second-order valence-electron chi connectivity index (χ2n) is 10.4. The van der Waals surface area contributed by atoms with Gasteiger partial charge in [-0.25, -0.2) is 27.3 Å². The molecule has 0 aromatic carbocycles. The van der Waals surface area contributed by atoms with Gasteiger partial charge in [0.05, 0.1) is 13.2 Å². The standard InChI is InChI=1S/C19H26F2N4O22P4/c20-19(21,48(34,35)46-50(38,39)42-5-7-11(28)13(30)15(44-7)24-3-1-9(26)22-17(24)32)49(36,37)47-51(40,41)43-6-8-12(29)14(31)16(45-8)25-4-2-10(27)23-18(25)33/h1-4,7-8,11-16,28-31H,5-6H2,(H,34,35)(H,36,37)(H,38,39)(H,40,41)(H,22,26,32)(H,23,27,33)/t7-,8-,11-,12-,13-,14-,15+,16+/m1/s1. The number of rotatable bonds is 14. The lowest BCUT2D eigenvalue weighted by Gasteiger charge is -2.27. The third-order valence-electron chi connectivity index (χ3n) is 6.84. The summed E-state index contributed by atoms with van der Waals surface area (Å²) in [6.07, 6.45) is -13.8. The molecule has 0 amide bonds. The Bertz CT molecular complexity index is 1910. The number of nitrogens with zero attached hydrogens (tertiary/aromatic N) is 2. The molecule has 2 fully saturated rings. The fourth-order valence-electron chi connectivity index (χ4n) is 4.37. The van der Waals surface area contributed by atoms with Crippen LogP contribution >= 0.6 is 30.8 Å². The SMILES string of the molecule is O=c1ccn([C@H]2O[C@H](COP(=O)(O)OP(=O)(O)C(F)(F)P(=O)(O)OP(=O)(O)OC[C@H]3O[C@H](n4ccc(=O)[nH]c4=O)[C@H](O)[C@@H]3O)[C@@H](O)[C@H]2O)c(=O)[nH]1. The van der Waals surface area contributed by atoms with Gasteiger partial charge >= 0.3 is 47.6 Å². The fraction of sp³-hybridized carbons (Fsp3) is 0.579. The molecule has 0 saturated carbocycles. The van der Waals surface area contributed by atoms with E-state index >= 15 is 0 Å². The van der Waals surface area contributed by atoms with Crippen molar-refractivity contribution < 1.29 is 94.2 Å². The Morgan fingerprint density at radius 1 is 0.667 bits per heavy atom. The monoisotopic (exact) mass is 824 g/mol. The molecule has 0 aliphatic carbocycles. The van der Waals surface area contributed by atoms with Crippen LogP contribution in [0, 0.1) is 0 Å². The molecule has 4 heterocycles. The van der Waals surface area contributed by atoms with Crippen LogP contribution in [-0.4, -0.2) is 114 Å². The van der Waals surface area contributed by atoms with Gasteiger partial charge in [-0.2, -0.15) is 8.78 Å².